The van der Waals surface area contributed by atoms with E-state index >= 15 is 0 Å². The van der Waals surface area contributed by atoms with Crippen LogP contribution in [0.2, 0.25) is 0 Å². The van der Waals surface area contributed by atoms with Gasteiger partial charge in [0.25, 0.3) is 0 Å². The molecule has 1 nitrogen and oxygen atoms in total. The molecule has 202 valence electrons. The normalized spacial score (nSPS) is 9.51. The predicted molar refractivity (Wildman–Crippen MR) is 170 cm³/mol. The minimum Gasteiger partial charge on any atom is -0.457 e. The summed E-state index contributed by atoms with van der Waals surface area (Å²) in [7, 11) is 0. The van der Waals surface area contributed by atoms with Gasteiger partial charge in [-0.15, -0.1) is 0 Å². The monoisotopic (exact) mass is 516 g/mol. The van der Waals surface area contributed by atoms with Gasteiger partial charge in [0.15, 0.2) is 0 Å². The lowest BCUT2D eigenvalue weighted by Gasteiger charge is -2.05. The van der Waals surface area contributed by atoms with Gasteiger partial charge < -0.3 is 4.74 Å². The third kappa shape index (κ3) is 12.8. The van der Waals surface area contributed by atoms with Crippen LogP contribution in [0.3, 0.4) is 0 Å². The second kappa shape index (κ2) is 17.4. The molecule has 0 amide bonds. The van der Waals surface area contributed by atoms with Crippen LogP contribution in [0.25, 0.3) is 0 Å². The Morgan fingerprint density at radius 2 is 0.641 bits per heavy atom. The molecule has 5 rings (SSSR count). The summed E-state index contributed by atoms with van der Waals surface area (Å²) in [5, 5.41) is 0. The van der Waals surface area contributed by atoms with E-state index in [9.17, 15) is 0 Å². The Bertz CT molecular complexity index is 1120. The smallest absolute Gasteiger partial charge is 0.127 e. The maximum Gasteiger partial charge on any atom is 0.127 e. The molecule has 0 saturated heterocycles. The summed E-state index contributed by atoms with van der Waals surface area (Å²) in [6, 6.07) is 43.9. The van der Waals surface area contributed by atoms with Gasteiger partial charge in [-0.25, -0.2) is 0 Å². The summed E-state index contributed by atoms with van der Waals surface area (Å²) in [6.45, 7) is 14.5. The molecule has 39 heavy (non-hydrogen) atoms. The van der Waals surface area contributed by atoms with Crippen LogP contribution in [0.1, 0.15) is 52.8 Å². The van der Waals surface area contributed by atoms with E-state index in [0.29, 0.717) is 0 Å². The average molecular weight is 517 g/mol. The molecule has 5 aromatic carbocycles. The van der Waals surface area contributed by atoms with Crippen molar-refractivity contribution in [3.8, 4) is 11.5 Å². The highest BCUT2D eigenvalue weighted by Crippen LogP contribution is 2.21. The van der Waals surface area contributed by atoms with Crippen molar-refractivity contribution in [1.82, 2.24) is 0 Å². The lowest BCUT2D eigenvalue weighted by Crippen LogP contribution is -1.88. The minimum atomic E-state index is 0.879. The second-order valence-electron chi connectivity index (χ2n) is 9.53. The Hall–Kier alpha value is -4.10. The molecular formula is C38H44O. The summed E-state index contributed by atoms with van der Waals surface area (Å²) >= 11 is 0. The van der Waals surface area contributed by atoms with Gasteiger partial charge in [-0.3, -0.25) is 0 Å². The van der Waals surface area contributed by atoms with Crippen LogP contribution in [0.5, 0.6) is 11.5 Å². The van der Waals surface area contributed by atoms with Crippen LogP contribution >= 0.6 is 0 Å². The van der Waals surface area contributed by atoms with Gasteiger partial charge in [-0.1, -0.05) is 145 Å². The van der Waals surface area contributed by atoms with E-state index in [-0.39, 0.29) is 0 Å². The minimum absolute atomic E-state index is 0.879. The molecule has 1 heteroatoms. The van der Waals surface area contributed by atoms with Crippen molar-refractivity contribution in [1.29, 1.82) is 0 Å². The van der Waals surface area contributed by atoms with E-state index < -0.39 is 0 Å². The van der Waals surface area contributed by atoms with Crippen molar-refractivity contribution in [2.24, 2.45) is 0 Å². The predicted octanol–water partition coefficient (Wildman–Crippen LogP) is 11.0. The lowest BCUT2D eigenvalue weighted by atomic mass is 10.0. The first-order valence-corrected chi connectivity index (χ1v) is 13.8. The van der Waals surface area contributed by atoms with Gasteiger partial charge in [0.05, 0.1) is 0 Å². The molecule has 0 saturated carbocycles. The number of hydrogen-bond donors (Lipinski definition) is 0. The Labute approximate surface area is 237 Å². The van der Waals surface area contributed by atoms with Crippen molar-refractivity contribution in [3.05, 3.63) is 166 Å². The SMILES string of the molecule is CC.Cc1ccc(Cc2ccc(C)cc2)cc1.Cc1ccc(Oc2ccc(C)cc2)cc1.Cc1ccccc1. The lowest BCUT2D eigenvalue weighted by molar-refractivity contribution is 0.482. The Morgan fingerprint density at radius 3 is 0.923 bits per heavy atom. The zero-order valence-corrected chi connectivity index (χ0v) is 24.7. The van der Waals surface area contributed by atoms with Crippen LogP contribution in [0, 0.1) is 34.6 Å². The van der Waals surface area contributed by atoms with Crippen LogP contribution in [0.15, 0.2) is 127 Å². The largest absolute Gasteiger partial charge is 0.457 e. The molecule has 0 atom stereocenters. The number of aryl methyl sites for hydroxylation is 5. The van der Waals surface area contributed by atoms with E-state index in [0.717, 1.165) is 17.9 Å². The number of rotatable bonds is 4. The topological polar surface area (TPSA) is 9.23 Å². The highest BCUT2D eigenvalue weighted by molar-refractivity contribution is 5.34. The van der Waals surface area contributed by atoms with Crippen LogP contribution in [-0.2, 0) is 6.42 Å². The summed E-state index contributed by atoms with van der Waals surface area (Å²) in [5.41, 5.74) is 9.21. The Kier molecular flexibility index (Phi) is 13.9. The van der Waals surface area contributed by atoms with Gasteiger partial charge in [0.2, 0.25) is 0 Å². The van der Waals surface area contributed by atoms with E-state index in [1.807, 2.05) is 80.6 Å². The molecule has 0 aliphatic heterocycles. The van der Waals surface area contributed by atoms with Crippen molar-refractivity contribution in [3.63, 3.8) is 0 Å². The molecule has 0 aliphatic carbocycles. The van der Waals surface area contributed by atoms with Crippen molar-refractivity contribution in [2.45, 2.75) is 54.9 Å². The first-order valence-electron chi connectivity index (χ1n) is 13.8. The summed E-state index contributed by atoms with van der Waals surface area (Å²) in [6.07, 6.45) is 1.03. The quantitative estimate of drug-likeness (QED) is 0.231. The highest BCUT2D eigenvalue weighted by Gasteiger charge is 1.97. The van der Waals surface area contributed by atoms with Crippen molar-refractivity contribution >= 4 is 0 Å². The molecule has 5 aromatic rings. The molecule has 0 N–H and O–H groups in total. The van der Waals surface area contributed by atoms with Gasteiger partial charge in [-0.2, -0.15) is 0 Å². The number of hydrogen-bond acceptors (Lipinski definition) is 1. The molecule has 0 fully saturated rings. The fourth-order valence-electron chi connectivity index (χ4n) is 3.53. The zero-order chi connectivity index (χ0) is 28.5. The summed E-state index contributed by atoms with van der Waals surface area (Å²) in [5.74, 6) is 1.76. The molecular weight excluding hydrogens is 472 g/mol. The summed E-state index contributed by atoms with van der Waals surface area (Å²) in [4.78, 5) is 0. The molecule has 0 aromatic heterocycles. The van der Waals surface area contributed by atoms with E-state index in [4.69, 9.17) is 4.74 Å². The summed E-state index contributed by atoms with van der Waals surface area (Å²) < 4.78 is 5.69. The fourth-order valence-corrected chi connectivity index (χ4v) is 3.53. The standard InChI is InChI=1S/C15H16.C14H14O.C7H8.C2H6/c1-12-3-7-14(8-4-12)11-15-9-5-13(2)6-10-15;1-11-3-7-13(8-4-11)15-14-9-5-12(2)6-10-14;1-7-5-3-2-4-6-7;1-2/h3-10H,11H2,1-2H3;3-10H,1-2H3;2-6H,1H3;1-2H3. The first-order chi connectivity index (χ1) is 18.9. The molecule has 0 unspecified atom stereocenters. The molecule has 0 aliphatic rings. The first kappa shape index (κ1) is 31.1. The average Bonchev–Trinajstić information content (AvgIpc) is 2.96. The molecule has 0 bridgehead atoms. The van der Waals surface area contributed by atoms with E-state index in [1.54, 1.807) is 0 Å². The van der Waals surface area contributed by atoms with Crippen molar-refractivity contribution in [2.75, 3.05) is 0 Å². The molecule has 0 heterocycles. The van der Waals surface area contributed by atoms with Gasteiger partial charge in [0.1, 0.15) is 11.5 Å². The van der Waals surface area contributed by atoms with E-state index in [1.165, 1.54) is 38.9 Å². The van der Waals surface area contributed by atoms with Gasteiger partial charge >= 0.3 is 0 Å². The highest BCUT2D eigenvalue weighted by atomic mass is 16.5. The van der Waals surface area contributed by atoms with Gasteiger partial charge in [-0.05, 0) is 76.4 Å². The third-order valence-corrected chi connectivity index (χ3v) is 5.87. The van der Waals surface area contributed by atoms with Crippen LogP contribution in [0.4, 0.5) is 0 Å². The number of benzene rings is 5. The van der Waals surface area contributed by atoms with Gasteiger partial charge in [0, 0.05) is 0 Å². The maximum atomic E-state index is 5.69. The Morgan fingerprint density at radius 1 is 0.359 bits per heavy atom. The van der Waals surface area contributed by atoms with Crippen LogP contribution in [-0.4, -0.2) is 0 Å². The molecule has 0 radical (unpaired) electrons. The fraction of sp³-hybridized carbons (Fsp3) is 0.211. The van der Waals surface area contributed by atoms with Crippen molar-refractivity contribution < 1.29 is 4.74 Å². The molecule has 0 spiro atoms. The van der Waals surface area contributed by atoms with Crippen LogP contribution < -0.4 is 4.74 Å². The maximum absolute atomic E-state index is 5.69. The number of ether oxygens (including phenoxy) is 1. The van der Waals surface area contributed by atoms with E-state index in [2.05, 4.69) is 95.3 Å². The third-order valence-electron chi connectivity index (χ3n) is 5.87. The second-order valence-corrected chi connectivity index (χ2v) is 9.53. The zero-order valence-electron chi connectivity index (χ0n) is 24.7. The Balaban J connectivity index is 0.000000211.